The maximum absolute atomic E-state index is 11.9. The summed E-state index contributed by atoms with van der Waals surface area (Å²) in [5.74, 6) is -0.104. The monoisotopic (exact) mass is 266 g/mol. The Hall–Kier alpha value is -1.95. The van der Waals surface area contributed by atoms with E-state index in [0.717, 1.165) is 0 Å². The number of hydrogen-bond donors (Lipinski definition) is 2. The van der Waals surface area contributed by atoms with Crippen LogP contribution in [0.2, 0.25) is 5.15 Å². The van der Waals surface area contributed by atoms with E-state index < -0.39 is 11.6 Å². The molecule has 2 N–H and O–H groups in total. The number of aromatic nitrogens is 1. The van der Waals surface area contributed by atoms with Crippen molar-refractivity contribution in [3.8, 4) is 0 Å². The number of carbonyl (C=O) groups is 2. The Kier molecular flexibility index (Phi) is 3.04. The Morgan fingerprint density at radius 3 is 2.78 bits per heavy atom. The molecular formula is C11H11ClN4O2. The van der Waals surface area contributed by atoms with E-state index in [1.54, 1.807) is 13.8 Å². The first-order chi connectivity index (χ1) is 8.38. The molecule has 2 heterocycles. The van der Waals surface area contributed by atoms with Crippen molar-refractivity contribution in [3.05, 3.63) is 29.0 Å². The highest BCUT2D eigenvalue weighted by molar-refractivity contribution is 6.29. The highest BCUT2D eigenvalue weighted by atomic mass is 35.5. The lowest BCUT2D eigenvalue weighted by molar-refractivity contribution is 0.0975. The summed E-state index contributed by atoms with van der Waals surface area (Å²) in [7, 11) is 0. The molecule has 0 saturated heterocycles. The molecule has 0 radical (unpaired) electrons. The zero-order valence-electron chi connectivity index (χ0n) is 9.82. The normalized spacial score (nSPS) is 17.1. The molecule has 0 spiro atoms. The van der Waals surface area contributed by atoms with Crippen LogP contribution in [0, 0.1) is 0 Å². The van der Waals surface area contributed by atoms with Crippen LogP contribution in [0.5, 0.6) is 0 Å². The predicted octanol–water partition coefficient (Wildman–Crippen LogP) is 1.37. The van der Waals surface area contributed by atoms with Gasteiger partial charge in [-0.15, -0.1) is 0 Å². The van der Waals surface area contributed by atoms with E-state index in [4.69, 9.17) is 11.6 Å². The van der Waals surface area contributed by atoms with Gasteiger partial charge in [0.25, 0.3) is 5.91 Å². The first-order valence-electron chi connectivity index (χ1n) is 5.23. The molecule has 0 aliphatic carbocycles. The van der Waals surface area contributed by atoms with E-state index in [9.17, 15) is 9.59 Å². The standard InChI is InChI=1S/C11H11ClN4O2/c1-11(2)9(15-10(18)16-11)14-8(17)6-3-4-13-7(12)5-6/h3-5H,1-2H3,(H2,14,15,16,17,18). The molecular weight excluding hydrogens is 256 g/mol. The van der Waals surface area contributed by atoms with E-state index in [0.29, 0.717) is 5.56 Å². The third-order valence-corrected chi connectivity index (χ3v) is 2.65. The number of nitrogens with one attached hydrogen (secondary N) is 2. The number of aliphatic imine (C=N–C) groups is 1. The number of halogens is 1. The number of pyridine rings is 1. The summed E-state index contributed by atoms with van der Waals surface area (Å²) in [5.41, 5.74) is -0.336. The van der Waals surface area contributed by atoms with E-state index in [2.05, 4.69) is 20.6 Å². The van der Waals surface area contributed by atoms with Crippen LogP contribution in [0.3, 0.4) is 0 Å². The van der Waals surface area contributed by atoms with Gasteiger partial charge in [-0.05, 0) is 26.0 Å². The van der Waals surface area contributed by atoms with Gasteiger partial charge in [0.1, 0.15) is 11.0 Å². The van der Waals surface area contributed by atoms with Crippen LogP contribution >= 0.6 is 11.6 Å². The maximum atomic E-state index is 11.9. The topological polar surface area (TPSA) is 83.5 Å². The summed E-state index contributed by atoms with van der Waals surface area (Å²) >= 11 is 5.70. The number of amides is 3. The van der Waals surface area contributed by atoms with Crippen molar-refractivity contribution in [2.45, 2.75) is 19.4 Å². The average molecular weight is 267 g/mol. The van der Waals surface area contributed by atoms with Crippen molar-refractivity contribution in [2.24, 2.45) is 4.99 Å². The molecule has 2 rings (SSSR count). The van der Waals surface area contributed by atoms with Gasteiger partial charge >= 0.3 is 6.03 Å². The fourth-order valence-corrected chi connectivity index (χ4v) is 1.68. The van der Waals surface area contributed by atoms with Crippen molar-refractivity contribution in [2.75, 3.05) is 0 Å². The van der Waals surface area contributed by atoms with Crippen molar-refractivity contribution in [3.63, 3.8) is 0 Å². The lowest BCUT2D eigenvalue weighted by Gasteiger charge is -2.20. The Balaban J connectivity index is 2.18. The van der Waals surface area contributed by atoms with E-state index in [-0.39, 0.29) is 16.9 Å². The molecule has 6 nitrogen and oxygen atoms in total. The second kappa shape index (κ2) is 4.38. The molecule has 1 aromatic heterocycles. The van der Waals surface area contributed by atoms with Gasteiger partial charge in [-0.1, -0.05) is 11.6 Å². The number of amidine groups is 1. The van der Waals surface area contributed by atoms with Crippen LogP contribution in [0.1, 0.15) is 24.2 Å². The van der Waals surface area contributed by atoms with Gasteiger partial charge in [0.2, 0.25) is 0 Å². The van der Waals surface area contributed by atoms with Crippen molar-refractivity contribution in [1.82, 2.24) is 15.6 Å². The highest BCUT2D eigenvalue weighted by Gasteiger charge is 2.34. The number of carbonyl (C=O) groups excluding carboxylic acids is 2. The molecule has 0 bridgehead atoms. The predicted molar refractivity (Wildman–Crippen MR) is 66.8 cm³/mol. The Labute approximate surface area is 108 Å². The maximum Gasteiger partial charge on any atom is 0.343 e. The minimum Gasteiger partial charge on any atom is -0.324 e. The zero-order chi connectivity index (χ0) is 13.3. The number of rotatable bonds is 1. The number of hydrogen-bond acceptors (Lipinski definition) is 3. The summed E-state index contributed by atoms with van der Waals surface area (Å²) in [4.78, 5) is 30.6. The Bertz CT molecular complexity index is 554. The number of urea groups is 1. The van der Waals surface area contributed by atoms with E-state index >= 15 is 0 Å². The van der Waals surface area contributed by atoms with Crippen molar-refractivity contribution >= 4 is 29.4 Å². The second-order valence-electron chi connectivity index (χ2n) is 4.34. The quantitative estimate of drug-likeness (QED) is 0.753. The SMILES string of the molecule is CC1(C)NC(=O)N=C1NC(=O)c1ccnc(Cl)c1. The van der Waals surface area contributed by atoms with Gasteiger partial charge in [0.05, 0.1) is 5.54 Å². The van der Waals surface area contributed by atoms with E-state index in [1.165, 1.54) is 18.3 Å². The van der Waals surface area contributed by atoms with Crippen LogP contribution in [0.15, 0.2) is 23.3 Å². The van der Waals surface area contributed by atoms with E-state index in [1.807, 2.05) is 0 Å². The summed E-state index contributed by atoms with van der Waals surface area (Å²) in [5, 5.41) is 5.43. The summed E-state index contributed by atoms with van der Waals surface area (Å²) < 4.78 is 0. The van der Waals surface area contributed by atoms with Crippen LogP contribution in [0.25, 0.3) is 0 Å². The van der Waals surface area contributed by atoms with Gasteiger partial charge in [0.15, 0.2) is 0 Å². The molecule has 0 atom stereocenters. The molecule has 3 amide bonds. The molecule has 0 unspecified atom stereocenters. The summed E-state index contributed by atoms with van der Waals surface area (Å²) in [6, 6.07) is 2.50. The van der Waals surface area contributed by atoms with Gasteiger partial charge in [-0.25, -0.2) is 9.78 Å². The third kappa shape index (κ3) is 2.48. The van der Waals surface area contributed by atoms with Gasteiger partial charge in [-0.2, -0.15) is 4.99 Å². The molecule has 0 fully saturated rings. The molecule has 7 heteroatoms. The number of nitrogens with zero attached hydrogens (tertiary/aromatic N) is 2. The zero-order valence-corrected chi connectivity index (χ0v) is 10.6. The van der Waals surface area contributed by atoms with Crippen molar-refractivity contribution < 1.29 is 9.59 Å². The Morgan fingerprint density at radius 1 is 1.50 bits per heavy atom. The summed E-state index contributed by atoms with van der Waals surface area (Å²) in [6.45, 7) is 3.49. The largest absolute Gasteiger partial charge is 0.343 e. The van der Waals surface area contributed by atoms with Gasteiger partial charge in [-0.3, -0.25) is 4.79 Å². The first-order valence-corrected chi connectivity index (χ1v) is 5.60. The first kappa shape index (κ1) is 12.5. The van der Waals surface area contributed by atoms with Crippen LogP contribution < -0.4 is 10.6 Å². The van der Waals surface area contributed by atoms with Gasteiger partial charge < -0.3 is 10.6 Å². The molecule has 0 saturated carbocycles. The summed E-state index contributed by atoms with van der Waals surface area (Å²) in [6.07, 6.45) is 1.43. The fraction of sp³-hybridized carbons (Fsp3) is 0.273. The molecule has 94 valence electrons. The lowest BCUT2D eigenvalue weighted by atomic mass is 10.1. The molecule has 1 aliphatic rings. The van der Waals surface area contributed by atoms with Crippen LogP contribution in [-0.2, 0) is 0 Å². The minimum atomic E-state index is -0.691. The molecule has 18 heavy (non-hydrogen) atoms. The van der Waals surface area contributed by atoms with Crippen LogP contribution in [0.4, 0.5) is 4.79 Å². The smallest absolute Gasteiger partial charge is 0.324 e. The molecule has 0 aromatic carbocycles. The third-order valence-electron chi connectivity index (χ3n) is 2.45. The highest BCUT2D eigenvalue weighted by Crippen LogP contribution is 2.12. The fourth-order valence-electron chi connectivity index (χ4n) is 1.50. The second-order valence-corrected chi connectivity index (χ2v) is 4.72. The Morgan fingerprint density at radius 2 is 2.22 bits per heavy atom. The lowest BCUT2D eigenvalue weighted by Crippen LogP contribution is -2.49. The van der Waals surface area contributed by atoms with Gasteiger partial charge in [0, 0.05) is 11.8 Å². The molecule has 1 aliphatic heterocycles. The van der Waals surface area contributed by atoms with Crippen molar-refractivity contribution in [1.29, 1.82) is 0 Å². The minimum absolute atomic E-state index is 0.226. The average Bonchev–Trinajstić information content (AvgIpc) is 2.51. The molecule has 1 aromatic rings. The van der Waals surface area contributed by atoms with Crippen LogP contribution in [-0.4, -0.2) is 28.3 Å².